The molecule has 0 heterocycles. The van der Waals surface area contributed by atoms with Crippen LogP contribution < -0.4 is 4.74 Å². The minimum Gasteiger partial charge on any atom is -0.481 e. The second-order valence-electron chi connectivity index (χ2n) is 7.87. The topological polar surface area (TPSA) is 97.7 Å². The highest BCUT2D eigenvalue weighted by atomic mass is 35.5. The summed E-state index contributed by atoms with van der Waals surface area (Å²) in [7, 11) is -3.23. The summed E-state index contributed by atoms with van der Waals surface area (Å²) in [5, 5.41) is 9.02. The van der Waals surface area contributed by atoms with Gasteiger partial charge in [-0.15, -0.1) is 0 Å². The summed E-state index contributed by atoms with van der Waals surface area (Å²) >= 11 is 5.67. The molecule has 178 valence electrons. The Morgan fingerprint density at radius 2 is 1.62 bits per heavy atom. The summed E-state index contributed by atoms with van der Waals surface area (Å²) in [6, 6.07) is 15.4. The van der Waals surface area contributed by atoms with Gasteiger partial charge >= 0.3 is 5.97 Å². The average molecular weight is 505 g/mol. The third kappa shape index (κ3) is 7.40. The number of hydrogen-bond acceptors (Lipinski definition) is 5. The van der Waals surface area contributed by atoms with Gasteiger partial charge in [0, 0.05) is 18.2 Å². The Morgan fingerprint density at radius 3 is 2.24 bits per heavy atom. The van der Waals surface area contributed by atoms with Crippen LogP contribution in [0.4, 0.5) is 4.39 Å². The number of sulfone groups is 1. The molecular weight excluding hydrogens is 483 g/mol. The fourth-order valence-electron chi connectivity index (χ4n) is 3.28. The summed E-state index contributed by atoms with van der Waals surface area (Å²) in [6.07, 6.45) is 1.11. The maximum absolute atomic E-state index is 13.6. The zero-order chi connectivity index (χ0) is 24.9. The molecule has 34 heavy (non-hydrogen) atoms. The molecule has 1 N–H and O–H groups in total. The predicted octanol–water partition coefficient (Wildman–Crippen LogP) is 4.91. The van der Waals surface area contributed by atoms with Gasteiger partial charge in [-0.3, -0.25) is 9.59 Å². The van der Waals surface area contributed by atoms with Crippen molar-refractivity contribution in [1.29, 1.82) is 0 Å². The number of Topliss-reactive ketones (excluding diaryl/α,β-unsaturated/α-hetero) is 1. The first-order valence-corrected chi connectivity index (χ1v) is 12.7. The molecule has 0 aliphatic carbocycles. The molecule has 0 atom stereocenters. The van der Waals surface area contributed by atoms with Crippen molar-refractivity contribution in [2.75, 3.05) is 12.0 Å². The lowest BCUT2D eigenvalue weighted by Crippen LogP contribution is -2.08. The first kappa shape index (κ1) is 25.4. The van der Waals surface area contributed by atoms with Crippen LogP contribution in [0, 0.1) is 5.82 Å². The van der Waals surface area contributed by atoms with Crippen molar-refractivity contribution in [2.24, 2.45) is 0 Å². The Kier molecular flexibility index (Phi) is 8.06. The molecule has 0 aliphatic heterocycles. The number of halogens is 2. The second kappa shape index (κ2) is 10.8. The number of carboxylic acids is 1. The fourth-order valence-corrected chi connectivity index (χ4v) is 3.99. The van der Waals surface area contributed by atoms with Gasteiger partial charge in [0.15, 0.2) is 5.78 Å². The number of carbonyl (C=O) groups is 2. The molecule has 0 spiro atoms. The summed E-state index contributed by atoms with van der Waals surface area (Å²) in [6.45, 7) is 0. The van der Waals surface area contributed by atoms with E-state index in [9.17, 15) is 22.4 Å². The van der Waals surface area contributed by atoms with Crippen LogP contribution in [0.25, 0.3) is 0 Å². The van der Waals surface area contributed by atoms with Gasteiger partial charge < -0.3 is 9.84 Å². The molecule has 0 aromatic heterocycles. The maximum Gasteiger partial charge on any atom is 0.307 e. The summed E-state index contributed by atoms with van der Waals surface area (Å²) in [5.41, 5.74) is 2.01. The van der Waals surface area contributed by atoms with Gasteiger partial charge in [-0.25, -0.2) is 12.8 Å². The molecule has 9 heteroatoms. The van der Waals surface area contributed by atoms with Crippen LogP contribution in [0.5, 0.6) is 11.5 Å². The highest BCUT2D eigenvalue weighted by molar-refractivity contribution is 7.90. The standard InChI is InChI=1S/C25H22ClFO6S/c1-34(31,32)11-10-19-12-16(15-25(29)30)3-9-24(19)33-20-6-4-18(5-7-20)23(28)14-17-2-8-21(26)22(27)13-17/h2-9,12-13H,10-11,14-15H2,1H3,(H,29,30). The van der Waals surface area contributed by atoms with Gasteiger partial charge in [-0.05, 0) is 65.6 Å². The molecule has 3 aromatic rings. The second-order valence-corrected chi connectivity index (χ2v) is 10.5. The zero-order valence-corrected chi connectivity index (χ0v) is 19.8. The highest BCUT2D eigenvalue weighted by Crippen LogP contribution is 2.28. The number of ketones is 1. The monoisotopic (exact) mass is 504 g/mol. The first-order chi connectivity index (χ1) is 16.0. The average Bonchev–Trinajstić information content (AvgIpc) is 2.76. The lowest BCUT2D eigenvalue weighted by Gasteiger charge is -2.13. The van der Waals surface area contributed by atoms with E-state index in [2.05, 4.69) is 0 Å². The Morgan fingerprint density at radius 1 is 0.971 bits per heavy atom. The van der Waals surface area contributed by atoms with Crippen LogP contribution in [0.2, 0.25) is 5.02 Å². The van der Waals surface area contributed by atoms with E-state index < -0.39 is 21.6 Å². The first-order valence-electron chi connectivity index (χ1n) is 10.3. The Balaban J connectivity index is 1.76. The number of rotatable bonds is 10. The molecule has 6 nitrogen and oxygen atoms in total. The van der Waals surface area contributed by atoms with Gasteiger partial charge in [0.25, 0.3) is 0 Å². The van der Waals surface area contributed by atoms with Crippen LogP contribution in [0.1, 0.15) is 27.0 Å². The Bertz CT molecular complexity index is 1320. The molecule has 0 saturated carbocycles. The van der Waals surface area contributed by atoms with Crippen LogP contribution >= 0.6 is 11.6 Å². The van der Waals surface area contributed by atoms with Crippen molar-refractivity contribution in [3.05, 3.63) is 93.8 Å². The molecule has 0 amide bonds. The van der Waals surface area contributed by atoms with Crippen molar-refractivity contribution in [3.63, 3.8) is 0 Å². The minimum atomic E-state index is -3.23. The van der Waals surface area contributed by atoms with Crippen molar-refractivity contribution in [1.82, 2.24) is 0 Å². The third-order valence-electron chi connectivity index (χ3n) is 4.98. The highest BCUT2D eigenvalue weighted by Gasteiger charge is 2.13. The van der Waals surface area contributed by atoms with E-state index in [1.165, 1.54) is 12.1 Å². The van der Waals surface area contributed by atoms with Gasteiger partial charge in [0.05, 0.1) is 17.2 Å². The molecule has 0 fully saturated rings. The molecule has 0 unspecified atom stereocenters. The number of carboxylic acid groups (broad SMARTS) is 1. The molecule has 0 bridgehead atoms. The van der Waals surface area contributed by atoms with Crippen LogP contribution in [0.3, 0.4) is 0 Å². The van der Waals surface area contributed by atoms with Gasteiger partial charge in [-0.1, -0.05) is 29.8 Å². The number of carbonyl (C=O) groups excluding carboxylic acids is 1. The zero-order valence-electron chi connectivity index (χ0n) is 18.3. The van der Waals surface area contributed by atoms with Crippen molar-refractivity contribution < 1.29 is 32.2 Å². The normalized spacial score (nSPS) is 11.3. The quantitative estimate of drug-likeness (QED) is 0.394. The van der Waals surface area contributed by atoms with E-state index in [0.29, 0.717) is 33.8 Å². The molecule has 0 saturated heterocycles. The lowest BCUT2D eigenvalue weighted by atomic mass is 10.0. The van der Waals surface area contributed by atoms with E-state index in [1.54, 1.807) is 48.5 Å². The van der Waals surface area contributed by atoms with Crippen LogP contribution in [0.15, 0.2) is 60.7 Å². The fraction of sp³-hybridized carbons (Fsp3) is 0.200. The summed E-state index contributed by atoms with van der Waals surface area (Å²) in [5.74, 6) is -1.09. The number of benzene rings is 3. The summed E-state index contributed by atoms with van der Waals surface area (Å²) in [4.78, 5) is 23.6. The number of hydrogen-bond donors (Lipinski definition) is 1. The smallest absolute Gasteiger partial charge is 0.307 e. The van der Waals surface area contributed by atoms with Crippen molar-refractivity contribution >= 4 is 33.2 Å². The molecule has 0 radical (unpaired) electrons. The third-order valence-corrected chi connectivity index (χ3v) is 6.23. The van der Waals surface area contributed by atoms with Crippen molar-refractivity contribution in [2.45, 2.75) is 19.3 Å². The van der Waals surface area contributed by atoms with Gasteiger partial charge in [-0.2, -0.15) is 0 Å². The molecule has 0 aliphatic rings. The van der Waals surface area contributed by atoms with E-state index >= 15 is 0 Å². The van der Waals surface area contributed by atoms with E-state index in [1.807, 2.05) is 0 Å². The number of aliphatic carboxylic acids is 1. The number of aryl methyl sites for hydroxylation is 1. The van der Waals surface area contributed by atoms with Crippen LogP contribution in [-0.4, -0.2) is 37.3 Å². The largest absolute Gasteiger partial charge is 0.481 e. The van der Waals surface area contributed by atoms with Gasteiger partial charge in [0.2, 0.25) is 0 Å². The lowest BCUT2D eigenvalue weighted by molar-refractivity contribution is -0.136. The van der Waals surface area contributed by atoms with Crippen LogP contribution in [-0.2, 0) is 33.9 Å². The molecular formula is C25H22ClFO6S. The van der Waals surface area contributed by atoms with E-state index in [0.717, 1.165) is 6.26 Å². The van der Waals surface area contributed by atoms with E-state index in [4.69, 9.17) is 21.4 Å². The maximum atomic E-state index is 13.6. The molecule has 3 aromatic carbocycles. The molecule has 3 rings (SSSR count). The minimum absolute atomic E-state index is 0.00890. The van der Waals surface area contributed by atoms with Crippen molar-refractivity contribution in [3.8, 4) is 11.5 Å². The predicted molar refractivity (Wildman–Crippen MR) is 127 cm³/mol. The van der Waals surface area contributed by atoms with Gasteiger partial charge in [0.1, 0.15) is 27.2 Å². The Labute approximate surface area is 201 Å². The SMILES string of the molecule is CS(=O)(=O)CCc1cc(CC(=O)O)ccc1Oc1ccc(C(=O)Cc2ccc(Cl)c(F)c2)cc1. The van der Waals surface area contributed by atoms with E-state index in [-0.39, 0.29) is 35.8 Å². The number of ether oxygens (including phenoxy) is 1. The Hall–Kier alpha value is -3.23. The summed E-state index contributed by atoms with van der Waals surface area (Å²) < 4.78 is 42.7.